The number of thiophene rings is 1. The summed E-state index contributed by atoms with van der Waals surface area (Å²) in [7, 11) is -1.94. The van der Waals surface area contributed by atoms with Gasteiger partial charge in [0.1, 0.15) is 4.21 Å². The van der Waals surface area contributed by atoms with Crippen LogP contribution in [0, 0.1) is 0 Å². The van der Waals surface area contributed by atoms with Crippen molar-refractivity contribution in [2.75, 3.05) is 26.8 Å². The van der Waals surface area contributed by atoms with Crippen LogP contribution < -0.4 is 15.8 Å². The Kier molecular flexibility index (Phi) is 10.9. The smallest absolute Gasteiger partial charge is 0.247 e. The molecular formula is C12H23IN4O3S2. The Hall–Kier alpha value is -0.430. The summed E-state index contributed by atoms with van der Waals surface area (Å²) in [5.74, 6) is 0.664. The molecule has 10 heteroatoms. The molecule has 0 aromatic carbocycles. The Morgan fingerprint density at radius 3 is 2.68 bits per heavy atom. The number of aliphatic imine (C=N–C) groups is 1. The fourth-order valence-electron chi connectivity index (χ4n) is 1.52. The maximum atomic E-state index is 11.2. The van der Waals surface area contributed by atoms with Gasteiger partial charge in [0.05, 0.1) is 6.54 Å². The average Bonchev–Trinajstić information content (AvgIpc) is 2.91. The van der Waals surface area contributed by atoms with Gasteiger partial charge in [0.15, 0.2) is 5.96 Å². The normalized spacial score (nSPS) is 11.9. The number of rotatable bonds is 8. The van der Waals surface area contributed by atoms with Crippen molar-refractivity contribution in [2.45, 2.75) is 24.1 Å². The summed E-state index contributed by atoms with van der Waals surface area (Å²) in [4.78, 5) is 4.96. The van der Waals surface area contributed by atoms with Crippen LogP contribution in [0.2, 0.25) is 0 Å². The van der Waals surface area contributed by atoms with Crippen molar-refractivity contribution in [3.63, 3.8) is 0 Å². The SMILES string of the molecule is CCOCCCNC(=NC)NCc1ccc(S(N)(=O)=O)s1.I. The molecule has 0 fully saturated rings. The monoisotopic (exact) mass is 462 g/mol. The Labute approximate surface area is 152 Å². The van der Waals surface area contributed by atoms with E-state index in [1.54, 1.807) is 13.1 Å². The molecule has 0 bridgehead atoms. The van der Waals surface area contributed by atoms with Gasteiger partial charge in [-0.1, -0.05) is 0 Å². The third kappa shape index (κ3) is 8.27. The molecule has 22 heavy (non-hydrogen) atoms. The van der Waals surface area contributed by atoms with Gasteiger partial charge in [-0.05, 0) is 25.5 Å². The van der Waals surface area contributed by atoms with Crippen LogP contribution in [0.4, 0.5) is 0 Å². The zero-order chi connectivity index (χ0) is 15.7. The molecule has 1 rings (SSSR count). The van der Waals surface area contributed by atoms with Gasteiger partial charge in [0.25, 0.3) is 0 Å². The quantitative estimate of drug-likeness (QED) is 0.232. The molecule has 7 nitrogen and oxygen atoms in total. The molecule has 1 heterocycles. The highest BCUT2D eigenvalue weighted by atomic mass is 127. The summed E-state index contributed by atoms with van der Waals surface area (Å²) in [6, 6.07) is 3.25. The van der Waals surface area contributed by atoms with Gasteiger partial charge in [0.2, 0.25) is 10.0 Å². The summed E-state index contributed by atoms with van der Waals surface area (Å²) in [6.07, 6.45) is 0.892. The first-order valence-electron chi connectivity index (χ1n) is 6.61. The number of hydrogen-bond donors (Lipinski definition) is 3. The van der Waals surface area contributed by atoms with Crippen molar-refractivity contribution in [1.82, 2.24) is 10.6 Å². The number of hydrogen-bond acceptors (Lipinski definition) is 5. The van der Waals surface area contributed by atoms with Crippen LogP contribution in [0.5, 0.6) is 0 Å². The van der Waals surface area contributed by atoms with E-state index in [-0.39, 0.29) is 28.2 Å². The first-order valence-corrected chi connectivity index (χ1v) is 8.97. The van der Waals surface area contributed by atoms with Crippen molar-refractivity contribution in [3.05, 3.63) is 17.0 Å². The summed E-state index contributed by atoms with van der Waals surface area (Å²) in [5.41, 5.74) is 0. The van der Waals surface area contributed by atoms with E-state index in [1.165, 1.54) is 6.07 Å². The third-order valence-corrected chi connectivity index (χ3v) is 5.06. The molecule has 1 aromatic rings. The molecule has 0 saturated heterocycles. The lowest BCUT2D eigenvalue weighted by Gasteiger charge is -2.11. The maximum absolute atomic E-state index is 11.2. The predicted octanol–water partition coefficient (Wildman–Crippen LogP) is 1.11. The summed E-state index contributed by atoms with van der Waals surface area (Å²) < 4.78 is 27.8. The minimum absolute atomic E-state index is 0. The van der Waals surface area contributed by atoms with E-state index in [1.807, 2.05) is 6.92 Å². The molecular weight excluding hydrogens is 439 g/mol. The average molecular weight is 462 g/mol. The number of ether oxygens (including phenoxy) is 1. The second-order valence-electron chi connectivity index (χ2n) is 4.17. The minimum Gasteiger partial charge on any atom is -0.382 e. The number of nitrogens with two attached hydrogens (primary N) is 1. The van der Waals surface area contributed by atoms with Crippen LogP contribution in [0.15, 0.2) is 21.3 Å². The number of nitrogens with zero attached hydrogens (tertiary/aromatic N) is 1. The first kappa shape index (κ1) is 21.6. The second-order valence-corrected chi connectivity index (χ2v) is 7.13. The maximum Gasteiger partial charge on any atom is 0.247 e. The number of halogens is 1. The summed E-state index contributed by atoms with van der Waals surface area (Å²) >= 11 is 1.15. The molecule has 1 aromatic heterocycles. The Balaban J connectivity index is 0.00000441. The van der Waals surface area contributed by atoms with E-state index in [9.17, 15) is 8.42 Å². The second kappa shape index (κ2) is 11.2. The van der Waals surface area contributed by atoms with Gasteiger partial charge >= 0.3 is 0 Å². The molecule has 128 valence electrons. The topological polar surface area (TPSA) is 106 Å². The van der Waals surface area contributed by atoms with Gasteiger partial charge in [-0.3, -0.25) is 4.99 Å². The van der Waals surface area contributed by atoms with Gasteiger partial charge < -0.3 is 15.4 Å². The summed E-state index contributed by atoms with van der Waals surface area (Å²) in [5, 5.41) is 11.3. The molecule has 0 amide bonds. The van der Waals surface area contributed by atoms with Crippen molar-refractivity contribution in [1.29, 1.82) is 0 Å². The van der Waals surface area contributed by atoms with E-state index >= 15 is 0 Å². The Bertz CT molecular complexity index is 560. The zero-order valence-corrected chi connectivity index (χ0v) is 16.6. The molecule has 0 unspecified atom stereocenters. The van der Waals surface area contributed by atoms with Crippen LogP contribution in [0.3, 0.4) is 0 Å². The lowest BCUT2D eigenvalue weighted by Crippen LogP contribution is -2.37. The standard InChI is InChI=1S/C12H22N4O3S2.HI/c1-3-19-8-4-7-15-12(14-2)16-9-10-5-6-11(20-10)21(13,17)18;/h5-6H,3-4,7-9H2,1-2H3,(H2,13,17,18)(H2,14,15,16);1H. The molecule has 0 atom stereocenters. The van der Waals surface area contributed by atoms with Crippen molar-refractivity contribution < 1.29 is 13.2 Å². The molecule has 0 aliphatic rings. The van der Waals surface area contributed by atoms with E-state index in [0.717, 1.165) is 35.8 Å². The van der Waals surface area contributed by atoms with E-state index < -0.39 is 10.0 Å². The largest absolute Gasteiger partial charge is 0.382 e. The van der Waals surface area contributed by atoms with Crippen LogP contribution in [-0.2, 0) is 21.3 Å². The van der Waals surface area contributed by atoms with Gasteiger partial charge in [-0.15, -0.1) is 35.3 Å². The Morgan fingerprint density at radius 2 is 2.14 bits per heavy atom. The van der Waals surface area contributed by atoms with Crippen molar-refractivity contribution in [2.24, 2.45) is 10.1 Å². The summed E-state index contributed by atoms with van der Waals surface area (Å²) in [6.45, 7) is 4.64. The first-order chi connectivity index (χ1) is 9.97. The third-order valence-electron chi connectivity index (χ3n) is 2.53. The van der Waals surface area contributed by atoms with Gasteiger partial charge in [-0.2, -0.15) is 0 Å². The fourth-order valence-corrected chi connectivity index (χ4v) is 3.24. The van der Waals surface area contributed by atoms with E-state index in [4.69, 9.17) is 9.88 Å². The Morgan fingerprint density at radius 1 is 1.41 bits per heavy atom. The molecule has 0 aliphatic heterocycles. The zero-order valence-electron chi connectivity index (χ0n) is 12.7. The van der Waals surface area contributed by atoms with E-state index in [2.05, 4.69) is 15.6 Å². The molecule has 0 radical (unpaired) electrons. The molecule has 0 saturated carbocycles. The highest BCUT2D eigenvalue weighted by molar-refractivity contribution is 14.0. The predicted molar refractivity (Wildman–Crippen MR) is 100 cm³/mol. The van der Waals surface area contributed by atoms with Gasteiger partial charge in [-0.25, -0.2) is 13.6 Å². The highest BCUT2D eigenvalue weighted by Gasteiger charge is 2.11. The van der Waals surface area contributed by atoms with Crippen LogP contribution in [-0.4, -0.2) is 41.2 Å². The van der Waals surface area contributed by atoms with Crippen molar-refractivity contribution in [3.8, 4) is 0 Å². The number of sulfonamides is 1. The fraction of sp³-hybridized carbons (Fsp3) is 0.583. The highest BCUT2D eigenvalue weighted by Crippen LogP contribution is 2.19. The number of guanidine groups is 1. The van der Waals surface area contributed by atoms with Crippen LogP contribution >= 0.6 is 35.3 Å². The minimum atomic E-state index is -3.62. The van der Waals surface area contributed by atoms with Crippen LogP contribution in [0.1, 0.15) is 18.2 Å². The molecule has 0 aliphatic carbocycles. The molecule has 0 spiro atoms. The lowest BCUT2D eigenvalue weighted by atomic mass is 10.4. The van der Waals surface area contributed by atoms with Crippen molar-refractivity contribution >= 4 is 51.3 Å². The van der Waals surface area contributed by atoms with Crippen LogP contribution in [0.25, 0.3) is 0 Å². The number of nitrogens with one attached hydrogen (secondary N) is 2. The number of primary sulfonamides is 1. The van der Waals surface area contributed by atoms with E-state index in [0.29, 0.717) is 19.1 Å². The molecule has 4 N–H and O–H groups in total. The van der Waals surface area contributed by atoms with Gasteiger partial charge in [0, 0.05) is 31.7 Å². The lowest BCUT2D eigenvalue weighted by molar-refractivity contribution is 0.145.